The van der Waals surface area contributed by atoms with Gasteiger partial charge in [-0.2, -0.15) is 13.2 Å². The number of ether oxygens (including phenoxy) is 1. The van der Waals surface area contributed by atoms with Crippen molar-refractivity contribution in [2.24, 2.45) is 0 Å². The number of nitrogens with two attached hydrogens (primary N) is 1. The Morgan fingerprint density at radius 3 is 2.04 bits per heavy atom. The molecule has 0 unspecified atom stereocenters. The van der Waals surface area contributed by atoms with Crippen LogP contribution in [0.15, 0.2) is 60.7 Å². The zero-order chi connectivity index (χ0) is 18.9. The summed E-state index contributed by atoms with van der Waals surface area (Å²) in [4.78, 5) is 0. The van der Waals surface area contributed by atoms with Gasteiger partial charge in [-0.05, 0) is 48.0 Å². The van der Waals surface area contributed by atoms with Crippen molar-refractivity contribution in [3.8, 4) is 22.6 Å². The molecule has 0 radical (unpaired) electrons. The summed E-state index contributed by atoms with van der Waals surface area (Å²) in [7, 11) is 0. The van der Waals surface area contributed by atoms with Gasteiger partial charge in [0, 0.05) is 17.3 Å². The lowest BCUT2D eigenvalue weighted by atomic mass is 10.0. The average Bonchev–Trinajstić information content (AvgIpc) is 2.58. The minimum atomic E-state index is -4.45. The first-order chi connectivity index (χ1) is 12.2. The Balaban J connectivity index is 2.01. The largest absolute Gasteiger partial charge is 0.454 e. The number of halogens is 5. The molecule has 0 aliphatic carbocycles. The minimum Gasteiger partial charge on any atom is -0.454 e. The lowest BCUT2D eigenvalue weighted by Gasteiger charge is -2.14. The fourth-order valence-corrected chi connectivity index (χ4v) is 2.38. The fraction of sp³-hybridized carbons (Fsp3) is 0.0526. The average molecular weight is 365 g/mol. The van der Waals surface area contributed by atoms with Gasteiger partial charge in [-0.25, -0.2) is 8.78 Å². The van der Waals surface area contributed by atoms with Crippen molar-refractivity contribution in [1.82, 2.24) is 0 Å². The van der Waals surface area contributed by atoms with Crippen molar-refractivity contribution < 1.29 is 26.7 Å². The van der Waals surface area contributed by atoms with E-state index < -0.39 is 23.4 Å². The van der Waals surface area contributed by atoms with E-state index in [4.69, 9.17) is 10.5 Å². The molecule has 0 bridgehead atoms. The second kappa shape index (κ2) is 6.67. The van der Waals surface area contributed by atoms with Crippen molar-refractivity contribution >= 4 is 5.69 Å². The molecule has 0 spiro atoms. The maximum atomic E-state index is 13.8. The summed E-state index contributed by atoms with van der Waals surface area (Å²) in [6.07, 6.45) is -4.45. The lowest BCUT2D eigenvalue weighted by molar-refractivity contribution is -0.137. The van der Waals surface area contributed by atoms with E-state index in [2.05, 4.69) is 0 Å². The number of hydrogen-bond acceptors (Lipinski definition) is 2. The SMILES string of the molecule is Nc1ccc(Oc2ccc(F)cc2F)c(-c2ccc(C(F)(F)F)cc2)c1. The van der Waals surface area contributed by atoms with Crippen molar-refractivity contribution in [2.45, 2.75) is 6.18 Å². The van der Waals surface area contributed by atoms with Gasteiger partial charge in [-0.1, -0.05) is 12.1 Å². The van der Waals surface area contributed by atoms with Gasteiger partial charge in [-0.3, -0.25) is 0 Å². The Labute approximate surface area is 145 Å². The van der Waals surface area contributed by atoms with Crippen LogP contribution < -0.4 is 10.5 Å². The molecule has 26 heavy (non-hydrogen) atoms. The lowest BCUT2D eigenvalue weighted by Crippen LogP contribution is -2.04. The van der Waals surface area contributed by atoms with Crippen molar-refractivity contribution in [3.05, 3.63) is 77.9 Å². The zero-order valence-electron chi connectivity index (χ0n) is 13.1. The highest BCUT2D eigenvalue weighted by molar-refractivity contribution is 5.74. The topological polar surface area (TPSA) is 35.2 Å². The molecule has 0 amide bonds. The molecule has 0 fully saturated rings. The van der Waals surface area contributed by atoms with E-state index in [1.165, 1.54) is 30.3 Å². The second-order valence-corrected chi connectivity index (χ2v) is 5.51. The van der Waals surface area contributed by atoms with Crippen molar-refractivity contribution in [1.29, 1.82) is 0 Å². The molecule has 0 saturated heterocycles. The van der Waals surface area contributed by atoms with Crippen LogP contribution in [0.1, 0.15) is 5.56 Å². The Morgan fingerprint density at radius 1 is 0.769 bits per heavy atom. The molecule has 0 aliphatic heterocycles. The molecule has 134 valence electrons. The number of alkyl halides is 3. The first-order valence-electron chi connectivity index (χ1n) is 7.44. The summed E-state index contributed by atoms with van der Waals surface area (Å²) in [6.45, 7) is 0. The van der Waals surface area contributed by atoms with Gasteiger partial charge >= 0.3 is 6.18 Å². The summed E-state index contributed by atoms with van der Waals surface area (Å²) in [5.41, 5.74) is 6.09. The van der Waals surface area contributed by atoms with Crippen LogP contribution in [0, 0.1) is 11.6 Å². The van der Waals surface area contributed by atoms with E-state index in [1.807, 2.05) is 0 Å². The van der Waals surface area contributed by atoms with E-state index >= 15 is 0 Å². The van der Waals surface area contributed by atoms with Crippen LogP contribution in [-0.2, 0) is 6.18 Å². The standard InChI is InChI=1S/C19H12F5NO/c20-13-5-7-18(16(21)9-13)26-17-8-6-14(25)10-15(17)11-1-3-12(4-2-11)19(22,23)24/h1-10H,25H2. The number of hydrogen-bond donors (Lipinski definition) is 1. The molecule has 0 atom stereocenters. The monoisotopic (exact) mass is 365 g/mol. The predicted octanol–water partition coefficient (Wildman–Crippen LogP) is 6.03. The molecular weight excluding hydrogens is 353 g/mol. The molecule has 2 N–H and O–H groups in total. The zero-order valence-corrected chi connectivity index (χ0v) is 13.1. The van der Waals surface area contributed by atoms with Crippen LogP contribution in [0.5, 0.6) is 11.5 Å². The summed E-state index contributed by atoms with van der Waals surface area (Å²) in [5, 5.41) is 0. The maximum absolute atomic E-state index is 13.8. The Bertz CT molecular complexity index is 936. The highest BCUT2D eigenvalue weighted by Gasteiger charge is 2.30. The fourth-order valence-electron chi connectivity index (χ4n) is 2.38. The number of rotatable bonds is 3. The smallest absolute Gasteiger partial charge is 0.416 e. The highest BCUT2D eigenvalue weighted by Crippen LogP contribution is 2.37. The van der Waals surface area contributed by atoms with Gasteiger partial charge in [0.1, 0.15) is 11.6 Å². The van der Waals surface area contributed by atoms with E-state index in [0.717, 1.165) is 24.3 Å². The molecule has 7 heteroatoms. The Morgan fingerprint density at radius 2 is 1.42 bits per heavy atom. The van der Waals surface area contributed by atoms with Crippen LogP contribution in [-0.4, -0.2) is 0 Å². The second-order valence-electron chi connectivity index (χ2n) is 5.51. The third-order valence-corrected chi connectivity index (χ3v) is 3.64. The molecular formula is C19H12F5NO. The van der Waals surface area contributed by atoms with Gasteiger partial charge in [-0.15, -0.1) is 0 Å². The third kappa shape index (κ3) is 3.77. The molecule has 0 heterocycles. The normalized spacial score (nSPS) is 11.4. The van der Waals surface area contributed by atoms with Gasteiger partial charge in [0.2, 0.25) is 0 Å². The first kappa shape index (κ1) is 17.7. The van der Waals surface area contributed by atoms with Crippen molar-refractivity contribution in [3.63, 3.8) is 0 Å². The molecule has 2 nitrogen and oxygen atoms in total. The molecule has 3 rings (SSSR count). The van der Waals surface area contributed by atoms with E-state index in [0.29, 0.717) is 22.9 Å². The number of nitrogen functional groups attached to an aromatic ring is 1. The molecule has 0 aromatic heterocycles. The predicted molar refractivity (Wildman–Crippen MR) is 87.7 cm³/mol. The van der Waals surface area contributed by atoms with Crippen LogP contribution >= 0.6 is 0 Å². The molecule has 0 aliphatic rings. The van der Waals surface area contributed by atoms with Crippen LogP contribution in [0.25, 0.3) is 11.1 Å². The van der Waals surface area contributed by atoms with E-state index in [-0.39, 0.29) is 11.5 Å². The molecule has 0 saturated carbocycles. The molecule has 3 aromatic carbocycles. The van der Waals surface area contributed by atoms with Gasteiger partial charge in [0.15, 0.2) is 11.6 Å². The van der Waals surface area contributed by atoms with E-state index in [1.54, 1.807) is 0 Å². The maximum Gasteiger partial charge on any atom is 0.416 e. The van der Waals surface area contributed by atoms with E-state index in [9.17, 15) is 22.0 Å². The van der Waals surface area contributed by atoms with Gasteiger partial charge < -0.3 is 10.5 Å². The van der Waals surface area contributed by atoms with Gasteiger partial charge in [0.05, 0.1) is 5.56 Å². The third-order valence-electron chi connectivity index (χ3n) is 3.64. The van der Waals surface area contributed by atoms with Crippen molar-refractivity contribution in [2.75, 3.05) is 5.73 Å². The Hall–Kier alpha value is -3.09. The first-order valence-corrected chi connectivity index (χ1v) is 7.44. The van der Waals surface area contributed by atoms with Gasteiger partial charge in [0.25, 0.3) is 0 Å². The quantitative estimate of drug-likeness (QED) is 0.455. The van der Waals surface area contributed by atoms with Crippen LogP contribution in [0.4, 0.5) is 27.6 Å². The summed E-state index contributed by atoms with van der Waals surface area (Å²) >= 11 is 0. The van der Waals surface area contributed by atoms with Crippen LogP contribution in [0.3, 0.4) is 0 Å². The highest BCUT2D eigenvalue weighted by atomic mass is 19.4. The summed E-state index contributed by atoms with van der Waals surface area (Å²) < 4.78 is 70.5. The number of anilines is 1. The number of benzene rings is 3. The Kier molecular flexibility index (Phi) is 4.54. The molecule has 3 aromatic rings. The minimum absolute atomic E-state index is 0.171. The summed E-state index contributed by atoms with van der Waals surface area (Å²) in [5.74, 6) is -1.70. The van der Waals surface area contributed by atoms with Crippen LogP contribution in [0.2, 0.25) is 0 Å². The summed E-state index contributed by atoms with van der Waals surface area (Å²) in [6, 6.07) is 11.7.